The largest absolute Gasteiger partial charge is 0.103 e. The zero-order chi connectivity index (χ0) is 4.24. The van der Waals surface area contributed by atoms with Crippen LogP contribution < -0.4 is 0 Å². The monoisotopic (exact) mass is 93.0 g/mol. The van der Waals surface area contributed by atoms with Crippen LogP contribution in [-0.4, -0.2) is 0 Å². The van der Waals surface area contributed by atoms with Gasteiger partial charge in [-0.1, -0.05) is 17.7 Å². The molecule has 27 valence electrons. The van der Waals surface area contributed by atoms with Crippen molar-refractivity contribution in [1.82, 2.24) is 0 Å². The smallest absolute Gasteiger partial charge is 0.0714 e. The molecule has 0 amide bonds. The molecule has 1 heteroatoms. The zero-order valence-electron chi connectivity index (χ0n) is 2.99. The highest BCUT2D eigenvalue weighted by Gasteiger charge is 1.76. The van der Waals surface area contributed by atoms with Gasteiger partial charge >= 0.3 is 0 Å². The summed E-state index contributed by atoms with van der Waals surface area (Å²) in [4.78, 5) is 0. The van der Waals surface area contributed by atoms with E-state index < -0.39 is 0 Å². The van der Waals surface area contributed by atoms with E-state index in [1.807, 2.05) is 0 Å². The van der Waals surface area contributed by atoms with Gasteiger partial charge < -0.3 is 0 Å². The molecular formula is C5HS. The molecule has 0 N–H and O–H groups in total. The molecule has 0 fully saturated rings. The Balaban J connectivity index is 2.67. The Kier molecular flexibility index (Phi) is 1.10. The summed E-state index contributed by atoms with van der Waals surface area (Å²) in [5, 5.41) is 2.72. The Morgan fingerprint density at radius 2 is 2.33 bits per heavy atom. The van der Waals surface area contributed by atoms with Gasteiger partial charge in [0.05, 0.1) is 0 Å². The van der Waals surface area contributed by atoms with E-state index in [9.17, 15) is 0 Å². The van der Waals surface area contributed by atoms with Crippen molar-refractivity contribution < 1.29 is 0 Å². The molecule has 1 rings (SSSR count). The molecule has 0 aliphatic carbocycles. The second-order valence-corrected chi connectivity index (χ2v) is 1.41. The van der Waals surface area contributed by atoms with Crippen molar-refractivity contribution in [3.8, 4) is 23.0 Å². The highest BCUT2D eigenvalue weighted by atomic mass is 32.2. The second-order valence-electron chi connectivity index (χ2n) is 0.732. The van der Waals surface area contributed by atoms with Crippen molar-refractivity contribution in [3.05, 3.63) is 5.75 Å². The Bertz CT molecular complexity index is 128. The molecule has 1 heterocycles. The molecule has 6 heavy (non-hydrogen) atoms. The molecule has 0 saturated heterocycles. The first-order valence-corrected chi connectivity index (χ1v) is 2.36. The maximum Gasteiger partial charge on any atom is 0.103 e. The topological polar surface area (TPSA) is 0 Å². The van der Waals surface area contributed by atoms with Crippen molar-refractivity contribution in [2.45, 2.75) is 0 Å². The lowest BCUT2D eigenvalue weighted by Crippen LogP contribution is -1.61. The predicted octanol–water partition coefficient (Wildman–Crippen LogP) is 0.859. The van der Waals surface area contributed by atoms with Crippen LogP contribution in [-0.2, 0) is 0 Å². The summed E-state index contributed by atoms with van der Waals surface area (Å²) in [6.07, 6.45) is 0. The van der Waals surface area contributed by atoms with E-state index in [4.69, 9.17) is 0 Å². The number of hydrogen-bond acceptors (Lipinski definition) is 1. The maximum absolute atomic E-state index is 2.72. The average Bonchev–Trinajstić information content (AvgIpc) is 1.72. The quantitative estimate of drug-likeness (QED) is 0.400. The summed E-state index contributed by atoms with van der Waals surface area (Å²) in [7, 11) is 0. The van der Waals surface area contributed by atoms with Gasteiger partial charge in [-0.15, -0.1) is 0 Å². The van der Waals surface area contributed by atoms with Crippen molar-refractivity contribution in [1.29, 1.82) is 0 Å². The fourth-order valence-electron chi connectivity index (χ4n) is 0.179. The fourth-order valence-corrected chi connectivity index (χ4v) is 0.466. The van der Waals surface area contributed by atoms with Crippen LogP contribution in [0.15, 0.2) is 0 Å². The first kappa shape index (κ1) is 3.65. The molecule has 1 aliphatic rings. The third-order valence-corrected chi connectivity index (χ3v) is 0.818. The van der Waals surface area contributed by atoms with Crippen LogP contribution in [0.3, 0.4) is 0 Å². The van der Waals surface area contributed by atoms with Crippen LogP contribution >= 0.6 is 11.8 Å². The average molecular weight is 93.1 g/mol. The van der Waals surface area contributed by atoms with E-state index in [0.717, 1.165) is 0 Å². The van der Waals surface area contributed by atoms with Gasteiger partial charge in [-0.3, -0.25) is 0 Å². The van der Waals surface area contributed by atoms with E-state index in [0.29, 0.717) is 0 Å². The van der Waals surface area contributed by atoms with Crippen LogP contribution in [0.1, 0.15) is 0 Å². The number of rotatable bonds is 0. The zero-order valence-corrected chi connectivity index (χ0v) is 3.80. The first-order chi connectivity index (χ1) is 3.00. The predicted molar refractivity (Wildman–Crippen MR) is 27.4 cm³/mol. The fraction of sp³-hybridized carbons (Fsp3) is 0. The Labute approximate surface area is 41.3 Å². The molecule has 0 aromatic carbocycles. The standard InChI is InChI=1S/C5HS/c1-2-4-6-5-3-1/h4H. The molecule has 1 radical (unpaired) electrons. The van der Waals surface area contributed by atoms with E-state index in [1.165, 1.54) is 11.8 Å². The second kappa shape index (κ2) is 1.80. The molecule has 0 unspecified atom stereocenters. The van der Waals surface area contributed by atoms with Crippen LogP contribution in [0.5, 0.6) is 0 Å². The summed E-state index contributed by atoms with van der Waals surface area (Å²) in [5.41, 5.74) is 0. The molecule has 1 aliphatic heterocycles. The number of hydrogen-bond donors (Lipinski definition) is 0. The summed E-state index contributed by atoms with van der Waals surface area (Å²) < 4.78 is 0. The summed E-state index contributed by atoms with van der Waals surface area (Å²) in [6, 6.07) is 0. The Morgan fingerprint density at radius 1 is 1.33 bits per heavy atom. The lowest BCUT2D eigenvalue weighted by Gasteiger charge is -1.76. The third-order valence-electron chi connectivity index (χ3n) is 0.362. The molecule has 0 aromatic rings. The van der Waals surface area contributed by atoms with Gasteiger partial charge in [-0.2, -0.15) is 0 Å². The van der Waals surface area contributed by atoms with Crippen LogP contribution in [0, 0.1) is 28.8 Å². The minimum Gasteiger partial charge on any atom is -0.0714 e. The van der Waals surface area contributed by atoms with Gasteiger partial charge in [-0.05, 0) is 17.1 Å². The molecule has 0 saturated carbocycles. The minimum atomic E-state index is 1.44. The third kappa shape index (κ3) is 0.708. The normalized spacial score (nSPS) is 13.3. The molecule has 0 atom stereocenters. The van der Waals surface area contributed by atoms with Crippen molar-refractivity contribution >= 4 is 11.8 Å². The van der Waals surface area contributed by atoms with Crippen LogP contribution in [0.4, 0.5) is 0 Å². The van der Waals surface area contributed by atoms with E-state index in [1.54, 1.807) is 5.75 Å². The van der Waals surface area contributed by atoms with Crippen molar-refractivity contribution in [2.75, 3.05) is 0 Å². The Hall–Kier alpha value is -0.530. The summed E-state index contributed by atoms with van der Waals surface area (Å²) in [5.74, 6) is 9.68. The van der Waals surface area contributed by atoms with Crippen molar-refractivity contribution in [2.24, 2.45) is 0 Å². The summed E-state index contributed by atoms with van der Waals surface area (Å²) >= 11 is 1.44. The first-order valence-electron chi connectivity index (χ1n) is 1.48. The van der Waals surface area contributed by atoms with Gasteiger partial charge in [-0.25, -0.2) is 0 Å². The van der Waals surface area contributed by atoms with Crippen LogP contribution in [0.2, 0.25) is 0 Å². The number of thioether (sulfide) groups is 1. The van der Waals surface area contributed by atoms with Crippen LogP contribution in [0.25, 0.3) is 0 Å². The molecule has 0 spiro atoms. The highest BCUT2D eigenvalue weighted by Crippen LogP contribution is 2.00. The van der Waals surface area contributed by atoms with Gasteiger partial charge in [0.2, 0.25) is 0 Å². The minimum absolute atomic E-state index is 1.44. The molecule has 0 aromatic heterocycles. The molecule has 0 nitrogen and oxygen atoms in total. The molecular weight excluding hydrogens is 92.1 g/mol. The van der Waals surface area contributed by atoms with Crippen molar-refractivity contribution in [3.63, 3.8) is 0 Å². The lowest BCUT2D eigenvalue weighted by atomic mass is 10.6. The maximum atomic E-state index is 2.72. The molecule has 0 bridgehead atoms. The van der Waals surface area contributed by atoms with Gasteiger partial charge in [0, 0.05) is 0 Å². The lowest BCUT2D eigenvalue weighted by molar-refractivity contribution is 2.22. The van der Waals surface area contributed by atoms with Gasteiger partial charge in [0.25, 0.3) is 0 Å². The van der Waals surface area contributed by atoms with E-state index >= 15 is 0 Å². The van der Waals surface area contributed by atoms with E-state index in [2.05, 4.69) is 23.0 Å². The van der Waals surface area contributed by atoms with Gasteiger partial charge in [0.15, 0.2) is 0 Å². The SMILES string of the molecule is C1#C[CH]SC#C1. The summed E-state index contributed by atoms with van der Waals surface area (Å²) in [6.45, 7) is 0. The Morgan fingerprint density at radius 3 is 2.50 bits per heavy atom. The van der Waals surface area contributed by atoms with Gasteiger partial charge in [0.1, 0.15) is 5.75 Å². The highest BCUT2D eigenvalue weighted by molar-refractivity contribution is 8.06. The van der Waals surface area contributed by atoms with E-state index in [-0.39, 0.29) is 0 Å².